The van der Waals surface area contributed by atoms with E-state index in [1.807, 2.05) is 37.0 Å². The zero-order valence-electron chi connectivity index (χ0n) is 10.5. The van der Waals surface area contributed by atoms with Gasteiger partial charge in [-0.1, -0.05) is 13.8 Å². The molecule has 4 nitrogen and oxygen atoms in total. The van der Waals surface area contributed by atoms with E-state index in [0.29, 0.717) is 6.54 Å². The molecule has 2 N–H and O–H groups in total. The van der Waals surface area contributed by atoms with E-state index in [-0.39, 0.29) is 18.3 Å². The van der Waals surface area contributed by atoms with Crippen LogP contribution in [0.15, 0.2) is 16.6 Å². The van der Waals surface area contributed by atoms with Crippen LogP contribution in [0.1, 0.15) is 26.7 Å². The molecule has 1 rings (SSSR count). The molecule has 0 saturated heterocycles. The quantitative estimate of drug-likeness (QED) is 0.911. The van der Waals surface area contributed by atoms with Crippen LogP contribution in [0.4, 0.5) is 0 Å². The monoisotopic (exact) mass is 277 g/mol. The number of aryl methyl sites for hydroxylation is 1. The van der Waals surface area contributed by atoms with Crippen LogP contribution in [-0.2, 0) is 11.8 Å². The summed E-state index contributed by atoms with van der Waals surface area (Å²) in [5.74, 6) is -0.0990. The Balaban J connectivity index is 0.00000256. The second kappa shape index (κ2) is 6.93. The van der Waals surface area contributed by atoms with E-state index in [0.717, 1.165) is 17.6 Å². The molecule has 0 aliphatic heterocycles. The Bertz CT molecular complexity index is 412. The van der Waals surface area contributed by atoms with E-state index in [1.54, 1.807) is 0 Å². The molecule has 0 aromatic carbocycles. The molecule has 0 bridgehead atoms. The summed E-state index contributed by atoms with van der Waals surface area (Å²) in [6, 6.07) is 0. The number of hydrogen-bond donors (Lipinski definition) is 1. The average Bonchev–Trinajstić information content (AvgIpc) is 2.68. The lowest BCUT2D eigenvalue weighted by Crippen LogP contribution is -2.37. The number of thiazole rings is 1. The molecule has 1 aromatic rings. The third-order valence-electron chi connectivity index (χ3n) is 3.15. The number of nitrogens with zero attached hydrogens (tertiary/aromatic N) is 2. The Morgan fingerprint density at radius 2 is 2.12 bits per heavy atom. The summed E-state index contributed by atoms with van der Waals surface area (Å²) in [4.78, 5) is 17.0. The standard InChI is InChI=1S/C11H19N3OS.ClH/c1-4-11(5-2,8-12)9(15)13-10-14(3)6-7-16-10;/h6-7H,4-5,8,12H2,1-3H3;1H. The first-order valence-corrected chi connectivity index (χ1v) is 6.37. The topological polar surface area (TPSA) is 60.4 Å². The van der Waals surface area contributed by atoms with Gasteiger partial charge in [-0.05, 0) is 12.8 Å². The van der Waals surface area contributed by atoms with Crippen LogP contribution >= 0.6 is 23.7 Å². The first-order chi connectivity index (χ1) is 7.59. The zero-order valence-corrected chi connectivity index (χ0v) is 12.1. The van der Waals surface area contributed by atoms with Crippen molar-refractivity contribution in [3.05, 3.63) is 16.4 Å². The van der Waals surface area contributed by atoms with Crippen molar-refractivity contribution < 1.29 is 4.79 Å². The predicted molar refractivity (Wildman–Crippen MR) is 73.2 cm³/mol. The average molecular weight is 278 g/mol. The van der Waals surface area contributed by atoms with Crippen molar-refractivity contribution in [1.29, 1.82) is 0 Å². The van der Waals surface area contributed by atoms with Crippen LogP contribution in [0.3, 0.4) is 0 Å². The van der Waals surface area contributed by atoms with Gasteiger partial charge in [-0.2, -0.15) is 4.99 Å². The Kier molecular flexibility index (Phi) is 6.67. The highest BCUT2D eigenvalue weighted by Gasteiger charge is 2.33. The molecule has 1 heterocycles. The van der Waals surface area contributed by atoms with Gasteiger partial charge in [0.2, 0.25) is 0 Å². The smallest absolute Gasteiger partial charge is 0.255 e. The van der Waals surface area contributed by atoms with Crippen molar-refractivity contribution in [2.45, 2.75) is 26.7 Å². The van der Waals surface area contributed by atoms with Gasteiger partial charge in [0, 0.05) is 25.2 Å². The second-order valence-electron chi connectivity index (χ2n) is 3.91. The predicted octanol–water partition coefficient (Wildman–Crippen LogP) is 1.70. The molecule has 0 spiro atoms. The van der Waals surface area contributed by atoms with E-state index in [2.05, 4.69) is 4.99 Å². The van der Waals surface area contributed by atoms with Crippen LogP contribution in [-0.4, -0.2) is 17.0 Å². The number of carbonyl (C=O) groups is 1. The first-order valence-electron chi connectivity index (χ1n) is 5.49. The van der Waals surface area contributed by atoms with Crippen LogP contribution in [0.25, 0.3) is 0 Å². The van der Waals surface area contributed by atoms with E-state index >= 15 is 0 Å². The first kappa shape index (κ1) is 16.4. The van der Waals surface area contributed by atoms with Crippen molar-refractivity contribution in [2.24, 2.45) is 23.2 Å². The van der Waals surface area contributed by atoms with Crippen LogP contribution < -0.4 is 10.5 Å². The normalized spacial score (nSPS) is 12.4. The summed E-state index contributed by atoms with van der Waals surface area (Å²) >= 11 is 1.46. The number of rotatable bonds is 4. The molecular weight excluding hydrogens is 258 g/mol. The summed E-state index contributed by atoms with van der Waals surface area (Å²) in [5, 5.41) is 1.91. The summed E-state index contributed by atoms with van der Waals surface area (Å²) in [6.45, 7) is 4.33. The van der Waals surface area contributed by atoms with Gasteiger partial charge < -0.3 is 10.3 Å². The third kappa shape index (κ3) is 3.40. The van der Waals surface area contributed by atoms with Crippen molar-refractivity contribution in [3.8, 4) is 0 Å². The molecule has 0 aliphatic carbocycles. The maximum atomic E-state index is 12.1. The Hall–Kier alpha value is -0.650. The molecule has 0 aliphatic rings. The molecule has 17 heavy (non-hydrogen) atoms. The molecule has 0 fully saturated rings. The maximum absolute atomic E-state index is 12.1. The van der Waals surface area contributed by atoms with Gasteiger partial charge in [0.05, 0.1) is 5.41 Å². The Morgan fingerprint density at radius 1 is 1.53 bits per heavy atom. The van der Waals surface area contributed by atoms with E-state index in [9.17, 15) is 4.79 Å². The fourth-order valence-electron chi connectivity index (χ4n) is 1.57. The summed E-state index contributed by atoms with van der Waals surface area (Å²) in [5.41, 5.74) is 5.22. The van der Waals surface area contributed by atoms with Crippen LogP contribution in [0.2, 0.25) is 0 Å². The molecule has 0 radical (unpaired) electrons. The largest absolute Gasteiger partial charge is 0.329 e. The van der Waals surface area contributed by atoms with Crippen molar-refractivity contribution >= 4 is 29.7 Å². The van der Waals surface area contributed by atoms with Gasteiger partial charge >= 0.3 is 0 Å². The molecule has 0 atom stereocenters. The SMILES string of the molecule is CCC(CC)(CN)C(=O)N=c1sccn1C.Cl. The Morgan fingerprint density at radius 3 is 2.47 bits per heavy atom. The number of amides is 1. The van der Waals surface area contributed by atoms with Gasteiger partial charge in [0.25, 0.3) is 5.91 Å². The maximum Gasteiger partial charge on any atom is 0.255 e. The van der Waals surface area contributed by atoms with Crippen molar-refractivity contribution in [3.63, 3.8) is 0 Å². The molecule has 0 unspecified atom stereocenters. The fraction of sp³-hybridized carbons (Fsp3) is 0.636. The minimum atomic E-state index is -0.489. The Labute approximate surface area is 112 Å². The number of aromatic nitrogens is 1. The van der Waals surface area contributed by atoms with Gasteiger partial charge in [-0.3, -0.25) is 4.79 Å². The minimum Gasteiger partial charge on any atom is -0.329 e. The molecular formula is C11H20ClN3OS. The highest BCUT2D eigenvalue weighted by molar-refractivity contribution is 7.07. The highest BCUT2D eigenvalue weighted by atomic mass is 35.5. The third-order valence-corrected chi connectivity index (χ3v) is 4.00. The summed E-state index contributed by atoms with van der Waals surface area (Å²) in [6.07, 6.45) is 3.35. The van der Waals surface area contributed by atoms with E-state index < -0.39 is 5.41 Å². The molecule has 1 amide bonds. The molecule has 6 heteroatoms. The lowest BCUT2D eigenvalue weighted by molar-refractivity contribution is -0.127. The lowest BCUT2D eigenvalue weighted by Gasteiger charge is -2.25. The number of hydrogen-bond acceptors (Lipinski definition) is 3. The summed E-state index contributed by atoms with van der Waals surface area (Å²) < 4.78 is 1.84. The minimum absolute atomic E-state index is 0. The van der Waals surface area contributed by atoms with E-state index in [1.165, 1.54) is 11.3 Å². The van der Waals surface area contributed by atoms with Gasteiger partial charge in [0.15, 0.2) is 4.80 Å². The molecule has 1 aromatic heterocycles. The molecule has 0 saturated carbocycles. The zero-order chi connectivity index (χ0) is 12.2. The number of halogens is 1. The van der Waals surface area contributed by atoms with Gasteiger partial charge in [-0.25, -0.2) is 0 Å². The second-order valence-corrected chi connectivity index (χ2v) is 4.78. The lowest BCUT2D eigenvalue weighted by atomic mass is 9.82. The van der Waals surface area contributed by atoms with Gasteiger partial charge in [0.1, 0.15) is 0 Å². The van der Waals surface area contributed by atoms with Crippen LogP contribution in [0, 0.1) is 5.41 Å². The number of nitrogens with two attached hydrogens (primary N) is 1. The van der Waals surface area contributed by atoms with Crippen LogP contribution in [0.5, 0.6) is 0 Å². The van der Waals surface area contributed by atoms with E-state index in [4.69, 9.17) is 5.73 Å². The van der Waals surface area contributed by atoms with Crippen molar-refractivity contribution in [1.82, 2.24) is 4.57 Å². The molecule has 98 valence electrons. The number of carbonyl (C=O) groups excluding carboxylic acids is 1. The fourth-order valence-corrected chi connectivity index (χ4v) is 2.30. The highest BCUT2D eigenvalue weighted by Crippen LogP contribution is 2.26. The van der Waals surface area contributed by atoms with Crippen molar-refractivity contribution in [2.75, 3.05) is 6.54 Å². The summed E-state index contributed by atoms with van der Waals surface area (Å²) in [7, 11) is 1.88. The van der Waals surface area contributed by atoms with Gasteiger partial charge in [-0.15, -0.1) is 23.7 Å².